The van der Waals surface area contributed by atoms with E-state index in [9.17, 15) is 9.00 Å². The molecule has 1 unspecified atom stereocenters. The van der Waals surface area contributed by atoms with Crippen molar-refractivity contribution in [2.24, 2.45) is 0 Å². The number of carbonyl (C=O) groups excluding carboxylic acids is 1. The first kappa shape index (κ1) is 29.2. The van der Waals surface area contributed by atoms with Gasteiger partial charge in [-0.25, -0.2) is 4.98 Å². The number of piperazine rings is 1. The lowest BCUT2D eigenvalue weighted by atomic mass is 10.2. The zero-order chi connectivity index (χ0) is 28.2. The fourth-order valence-corrected chi connectivity index (χ4v) is 4.51. The molecule has 2 aromatic carbocycles. The largest absolute Gasteiger partial charge is 0.491 e. The third kappa shape index (κ3) is 9.12. The summed E-state index contributed by atoms with van der Waals surface area (Å²) in [7, 11) is 0.301. The molecule has 1 aliphatic heterocycles. The Kier molecular flexibility index (Phi) is 11.0. The molecule has 0 bridgehead atoms. The molecule has 1 aliphatic rings. The van der Waals surface area contributed by atoms with Crippen LogP contribution in [0.1, 0.15) is 0 Å². The molecule has 12 heteroatoms. The Morgan fingerprint density at radius 1 is 1.07 bits per heavy atom. The summed E-state index contributed by atoms with van der Waals surface area (Å²) in [4.78, 5) is 24.1. The summed E-state index contributed by atoms with van der Waals surface area (Å²) in [6.07, 6.45) is 6.54. The summed E-state index contributed by atoms with van der Waals surface area (Å²) < 4.78 is 23.0. The van der Waals surface area contributed by atoms with Crippen LogP contribution in [0.4, 0.5) is 28.8 Å². The summed E-state index contributed by atoms with van der Waals surface area (Å²) >= 11 is 0. The van der Waals surface area contributed by atoms with Crippen LogP contribution in [0.3, 0.4) is 0 Å². The Labute approximate surface area is 236 Å². The van der Waals surface area contributed by atoms with Crippen molar-refractivity contribution in [2.45, 2.75) is 4.90 Å². The minimum Gasteiger partial charge on any atom is -0.491 e. The maximum absolute atomic E-state index is 12.4. The number of methoxy groups -OCH3 is 1. The van der Waals surface area contributed by atoms with Gasteiger partial charge in [-0.05, 0) is 42.5 Å². The molecule has 3 aromatic rings. The van der Waals surface area contributed by atoms with Gasteiger partial charge in [0, 0.05) is 69.2 Å². The molecule has 0 radical (unpaired) electrons. The number of benzene rings is 2. The Morgan fingerprint density at radius 2 is 1.85 bits per heavy atom. The topological polar surface area (TPSA) is 130 Å². The molecule has 1 fully saturated rings. The first-order chi connectivity index (χ1) is 19.5. The highest BCUT2D eigenvalue weighted by Gasteiger charge is 2.12. The number of aromatic nitrogens is 2. The van der Waals surface area contributed by atoms with Gasteiger partial charge in [0.1, 0.15) is 12.4 Å². The van der Waals surface area contributed by atoms with Crippen LogP contribution in [0.15, 0.2) is 71.8 Å². The number of amides is 1. The van der Waals surface area contributed by atoms with Gasteiger partial charge in [-0.3, -0.25) is 13.9 Å². The van der Waals surface area contributed by atoms with Gasteiger partial charge in [0.25, 0.3) is 0 Å². The molecule has 1 aromatic heterocycles. The first-order valence-corrected chi connectivity index (χ1v) is 14.5. The maximum atomic E-state index is 12.4. The lowest BCUT2D eigenvalue weighted by Crippen LogP contribution is -2.43. The monoisotopic (exact) mass is 565 g/mol. The lowest BCUT2D eigenvalue weighted by Gasteiger charge is -2.25. The standard InChI is InChI=1S/C28H35N7O4S/c1-38-17-18-39-24-10-8-21(9-11-24)33-28-30-20-25(40(2)37)27(34-28)32-23-6-3-5-22(19-23)31-26(36)7-4-14-35-15-12-29-13-16-35/h3-11,19-20,29H,12-18H2,1-2H3,(H,31,36)(H2,30,32,33,34). The van der Waals surface area contributed by atoms with E-state index in [0.717, 1.165) is 44.2 Å². The smallest absolute Gasteiger partial charge is 0.248 e. The van der Waals surface area contributed by atoms with E-state index in [1.807, 2.05) is 48.5 Å². The molecule has 1 saturated heterocycles. The number of hydrogen-bond donors (Lipinski definition) is 4. The lowest BCUT2D eigenvalue weighted by molar-refractivity contribution is -0.111. The van der Waals surface area contributed by atoms with Crippen LogP contribution in [0.25, 0.3) is 0 Å². The molecule has 212 valence electrons. The Hall–Kier alpha value is -3.84. The van der Waals surface area contributed by atoms with Crippen LogP contribution >= 0.6 is 0 Å². The van der Waals surface area contributed by atoms with Crippen molar-refractivity contribution in [1.29, 1.82) is 0 Å². The minimum atomic E-state index is -1.33. The maximum Gasteiger partial charge on any atom is 0.248 e. The zero-order valence-corrected chi connectivity index (χ0v) is 23.5. The quantitative estimate of drug-likeness (QED) is 0.181. The molecule has 1 amide bonds. The van der Waals surface area contributed by atoms with Gasteiger partial charge in [0.05, 0.1) is 28.5 Å². The summed E-state index contributed by atoms with van der Waals surface area (Å²) in [5, 5.41) is 12.6. The Bertz CT molecular complexity index is 1310. The molecule has 40 heavy (non-hydrogen) atoms. The third-order valence-corrected chi connectivity index (χ3v) is 6.88. The molecule has 11 nitrogen and oxygen atoms in total. The van der Waals surface area contributed by atoms with Gasteiger partial charge >= 0.3 is 0 Å². The fraction of sp³-hybridized carbons (Fsp3) is 0.321. The highest BCUT2D eigenvalue weighted by molar-refractivity contribution is 7.84. The average molecular weight is 566 g/mol. The summed E-state index contributed by atoms with van der Waals surface area (Å²) in [6, 6.07) is 14.7. The highest BCUT2D eigenvalue weighted by Crippen LogP contribution is 2.25. The second-order valence-corrected chi connectivity index (χ2v) is 10.3. The first-order valence-electron chi connectivity index (χ1n) is 13.0. The van der Waals surface area contributed by atoms with Crippen LogP contribution in [0, 0.1) is 0 Å². The van der Waals surface area contributed by atoms with E-state index in [4.69, 9.17) is 9.47 Å². The van der Waals surface area contributed by atoms with Crippen molar-refractivity contribution >= 4 is 45.5 Å². The predicted molar refractivity (Wildman–Crippen MR) is 158 cm³/mol. The number of rotatable bonds is 13. The van der Waals surface area contributed by atoms with Crippen LogP contribution in [-0.2, 0) is 20.3 Å². The normalized spacial score (nSPS) is 14.6. The molecule has 4 rings (SSSR count). The van der Waals surface area contributed by atoms with E-state index in [-0.39, 0.29) is 5.91 Å². The number of nitrogens with one attached hydrogen (secondary N) is 4. The summed E-state index contributed by atoms with van der Waals surface area (Å²) in [5.41, 5.74) is 2.07. The minimum absolute atomic E-state index is 0.203. The van der Waals surface area contributed by atoms with E-state index in [1.165, 1.54) is 6.20 Å². The van der Waals surface area contributed by atoms with Gasteiger partial charge in [-0.2, -0.15) is 4.98 Å². The van der Waals surface area contributed by atoms with E-state index in [1.54, 1.807) is 25.5 Å². The van der Waals surface area contributed by atoms with Crippen molar-refractivity contribution < 1.29 is 18.5 Å². The Morgan fingerprint density at radius 3 is 2.60 bits per heavy atom. The number of carbonyl (C=O) groups is 1. The van der Waals surface area contributed by atoms with Crippen LogP contribution in [0.2, 0.25) is 0 Å². The van der Waals surface area contributed by atoms with Gasteiger partial charge < -0.3 is 30.7 Å². The third-order valence-electron chi connectivity index (χ3n) is 5.97. The van der Waals surface area contributed by atoms with E-state index in [0.29, 0.717) is 41.3 Å². The number of hydrogen-bond acceptors (Lipinski definition) is 10. The molecular formula is C28H35N7O4S. The van der Waals surface area contributed by atoms with Gasteiger partial charge in [-0.1, -0.05) is 12.1 Å². The van der Waals surface area contributed by atoms with Gasteiger partial charge in [0.2, 0.25) is 11.9 Å². The van der Waals surface area contributed by atoms with E-state index in [2.05, 4.69) is 36.1 Å². The zero-order valence-electron chi connectivity index (χ0n) is 22.7. The van der Waals surface area contributed by atoms with Gasteiger partial charge in [0.15, 0.2) is 5.82 Å². The average Bonchev–Trinajstić information content (AvgIpc) is 2.95. The second-order valence-electron chi connectivity index (χ2n) is 9.00. The van der Waals surface area contributed by atoms with Crippen LogP contribution < -0.4 is 26.0 Å². The SMILES string of the molecule is COCCOc1ccc(Nc2ncc(S(C)=O)c(Nc3cccc(NC(=O)C=CCN4CCNCC4)c3)n2)cc1. The van der Waals surface area contributed by atoms with Gasteiger partial charge in [-0.15, -0.1) is 0 Å². The number of anilines is 5. The molecule has 4 N–H and O–H groups in total. The summed E-state index contributed by atoms with van der Waals surface area (Å²) in [5.74, 6) is 1.26. The molecular weight excluding hydrogens is 530 g/mol. The molecule has 1 atom stereocenters. The predicted octanol–water partition coefficient (Wildman–Crippen LogP) is 3.13. The Balaban J connectivity index is 1.39. The van der Waals surface area contributed by atoms with E-state index >= 15 is 0 Å². The van der Waals surface area contributed by atoms with Crippen LogP contribution in [0.5, 0.6) is 5.75 Å². The highest BCUT2D eigenvalue weighted by atomic mass is 32.2. The van der Waals surface area contributed by atoms with Crippen LogP contribution in [-0.4, -0.2) is 84.3 Å². The molecule has 0 aliphatic carbocycles. The fourth-order valence-electron chi connectivity index (χ4n) is 3.94. The van der Waals surface area contributed by atoms with Crippen molar-refractivity contribution in [3.8, 4) is 5.75 Å². The number of nitrogens with zero attached hydrogens (tertiary/aromatic N) is 3. The van der Waals surface area contributed by atoms with Crippen molar-refractivity contribution in [3.63, 3.8) is 0 Å². The second kappa shape index (κ2) is 15.1. The molecule has 0 spiro atoms. The molecule has 0 saturated carbocycles. The van der Waals surface area contributed by atoms with Crippen molar-refractivity contribution in [1.82, 2.24) is 20.2 Å². The van der Waals surface area contributed by atoms with Crippen molar-refractivity contribution in [3.05, 3.63) is 66.9 Å². The summed E-state index contributed by atoms with van der Waals surface area (Å²) in [6.45, 7) is 5.60. The van der Waals surface area contributed by atoms with Crippen molar-refractivity contribution in [2.75, 3.05) is 75.3 Å². The van der Waals surface area contributed by atoms with E-state index < -0.39 is 10.8 Å². The molecule has 2 heterocycles. The number of ether oxygens (including phenoxy) is 2.